The molecular formula is C9H9ClO2. The van der Waals surface area contributed by atoms with Crippen LogP contribution in [-0.2, 0) is 6.42 Å². The van der Waals surface area contributed by atoms with Crippen LogP contribution in [-0.4, -0.2) is 11.4 Å². The van der Waals surface area contributed by atoms with E-state index < -0.39 is 0 Å². The molecule has 0 amide bonds. The maximum absolute atomic E-state index is 10.4. The van der Waals surface area contributed by atoms with Crippen LogP contribution in [0.25, 0.3) is 0 Å². The summed E-state index contributed by atoms with van der Waals surface area (Å²) in [5.41, 5.74) is 1.19. The topological polar surface area (TPSA) is 37.3 Å². The summed E-state index contributed by atoms with van der Waals surface area (Å²) in [5, 5.41) is 9.60. The van der Waals surface area contributed by atoms with Crippen molar-refractivity contribution in [3.63, 3.8) is 0 Å². The molecule has 0 fully saturated rings. The highest BCUT2D eigenvalue weighted by atomic mass is 35.5. The molecule has 3 heteroatoms. The van der Waals surface area contributed by atoms with Crippen molar-refractivity contribution in [3.05, 3.63) is 28.3 Å². The Hall–Kier alpha value is -1.02. The van der Waals surface area contributed by atoms with Crippen LogP contribution in [0.4, 0.5) is 0 Å². The van der Waals surface area contributed by atoms with Crippen molar-refractivity contribution < 1.29 is 9.90 Å². The summed E-state index contributed by atoms with van der Waals surface area (Å²) in [5.74, 6) is 0.0739. The minimum atomic E-state index is 0.0739. The molecule has 0 bridgehead atoms. The number of hydrogen-bond acceptors (Lipinski definition) is 2. The van der Waals surface area contributed by atoms with E-state index in [-0.39, 0.29) is 10.8 Å². The number of rotatable bonds is 2. The van der Waals surface area contributed by atoms with Gasteiger partial charge in [0.15, 0.2) is 0 Å². The maximum atomic E-state index is 10.4. The van der Waals surface area contributed by atoms with Crippen molar-refractivity contribution in [2.75, 3.05) is 0 Å². The molecule has 0 saturated heterocycles. The fraction of sp³-hybridized carbons (Fsp3) is 0.222. The summed E-state index contributed by atoms with van der Waals surface area (Å²) in [6.45, 7) is 1.89. The zero-order valence-corrected chi connectivity index (χ0v) is 7.43. The van der Waals surface area contributed by atoms with Gasteiger partial charge in [-0.25, -0.2) is 0 Å². The third-order valence-electron chi connectivity index (χ3n) is 1.68. The van der Waals surface area contributed by atoms with Gasteiger partial charge in [-0.2, -0.15) is 0 Å². The van der Waals surface area contributed by atoms with Gasteiger partial charge in [0.2, 0.25) is 0 Å². The molecule has 1 aromatic carbocycles. The molecule has 1 rings (SSSR count). The quantitative estimate of drug-likeness (QED) is 0.717. The number of carbonyl (C=O) groups is 1. The van der Waals surface area contributed by atoms with E-state index in [0.717, 1.165) is 0 Å². The average molecular weight is 185 g/mol. The lowest BCUT2D eigenvalue weighted by Gasteiger charge is -2.03. The molecule has 1 aromatic rings. The lowest BCUT2D eigenvalue weighted by Crippen LogP contribution is -1.87. The van der Waals surface area contributed by atoms with E-state index in [1.54, 1.807) is 6.07 Å². The number of phenolic OH excluding ortho intramolecular Hbond substituents is 1. The molecule has 64 valence electrons. The summed E-state index contributed by atoms with van der Waals surface area (Å²) in [6, 6.07) is 3.08. The van der Waals surface area contributed by atoms with Gasteiger partial charge in [-0.3, -0.25) is 4.79 Å². The highest BCUT2D eigenvalue weighted by Gasteiger charge is 2.05. The standard InChI is InChI=1S/C9H9ClO2/c1-2-7-3-6(5-11)4-8(10)9(7)12/h3-5,12H,2H2,1H3. The van der Waals surface area contributed by atoms with Crippen LogP contribution in [0.5, 0.6) is 5.75 Å². The molecule has 1 N–H and O–H groups in total. The Morgan fingerprint density at radius 2 is 2.25 bits per heavy atom. The first-order chi connectivity index (χ1) is 5.69. The van der Waals surface area contributed by atoms with Gasteiger partial charge < -0.3 is 5.11 Å². The van der Waals surface area contributed by atoms with E-state index in [1.165, 1.54) is 6.07 Å². The molecule has 0 aromatic heterocycles. The molecule has 0 radical (unpaired) electrons. The third-order valence-corrected chi connectivity index (χ3v) is 1.97. The van der Waals surface area contributed by atoms with Crippen LogP contribution in [0.3, 0.4) is 0 Å². The zero-order valence-electron chi connectivity index (χ0n) is 6.67. The number of aryl methyl sites for hydroxylation is 1. The van der Waals surface area contributed by atoms with E-state index in [9.17, 15) is 9.90 Å². The third kappa shape index (κ3) is 1.59. The first-order valence-corrected chi connectivity index (χ1v) is 4.03. The number of halogens is 1. The predicted octanol–water partition coefficient (Wildman–Crippen LogP) is 2.42. The van der Waals surface area contributed by atoms with Crippen LogP contribution in [0.1, 0.15) is 22.8 Å². The van der Waals surface area contributed by atoms with E-state index in [2.05, 4.69) is 0 Å². The SMILES string of the molecule is CCc1cc(C=O)cc(Cl)c1O. The van der Waals surface area contributed by atoms with Gasteiger partial charge in [-0.1, -0.05) is 18.5 Å². The van der Waals surface area contributed by atoms with E-state index in [4.69, 9.17) is 11.6 Å². The van der Waals surface area contributed by atoms with Crippen molar-refractivity contribution in [1.29, 1.82) is 0 Å². The van der Waals surface area contributed by atoms with Gasteiger partial charge in [0.1, 0.15) is 12.0 Å². The first kappa shape index (κ1) is 9.07. The van der Waals surface area contributed by atoms with Gasteiger partial charge in [0.25, 0.3) is 0 Å². The Balaban J connectivity index is 3.28. The highest BCUT2D eigenvalue weighted by molar-refractivity contribution is 6.32. The number of carbonyl (C=O) groups excluding carboxylic acids is 1. The molecule has 2 nitrogen and oxygen atoms in total. The number of phenols is 1. The van der Waals surface area contributed by atoms with Crippen molar-refractivity contribution in [2.45, 2.75) is 13.3 Å². The summed E-state index contributed by atoms with van der Waals surface area (Å²) < 4.78 is 0. The largest absolute Gasteiger partial charge is 0.506 e. The Labute approximate surface area is 75.8 Å². The average Bonchev–Trinajstić information content (AvgIpc) is 2.09. The van der Waals surface area contributed by atoms with Crippen molar-refractivity contribution in [2.24, 2.45) is 0 Å². The van der Waals surface area contributed by atoms with Crippen LogP contribution in [0.2, 0.25) is 5.02 Å². The van der Waals surface area contributed by atoms with Gasteiger partial charge in [0.05, 0.1) is 5.02 Å². The Morgan fingerprint density at radius 1 is 1.58 bits per heavy atom. The molecule has 0 aliphatic heterocycles. The molecule has 0 heterocycles. The van der Waals surface area contributed by atoms with Gasteiger partial charge in [0, 0.05) is 5.56 Å². The lowest BCUT2D eigenvalue weighted by atomic mass is 10.1. The molecule has 0 saturated carbocycles. The number of aromatic hydroxyl groups is 1. The minimum absolute atomic E-state index is 0.0739. The molecule has 0 atom stereocenters. The second-order valence-corrected chi connectivity index (χ2v) is 2.89. The molecule has 0 spiro atoms. The van der Waals surface area contributed by atoms with Gasteiger partial charge in [-0.05, 0) is 24.1 Å². The monoisotopic (exact) mass is 184 g/mol. The molecule has 0 unspecified atom stereocenters. The molecule has 0 aliphatic carbocycles. The van der Waals surface area contributed by atoms with E-state index in [0.29, 0.717) is 23.8 Å². The Bertz CT molecular complexity index is 308. The van der Waals surface area contributed by atoms with Crippen LogP contribution in [0, 0.1) is 0 Å². The predicted molar refractivity (Wildman–Crippen MR) is 47.9 cm³/mol. The fourth-order valence-corrected chi connectivity index (χ4v) is 1.26. The number of benzene rings is 1. The summed E-state index contributed by atoms with van der Waals surface area (Å²) in [6.07, 6.45) is 1.37. The Morgan fingerprint density at radius 3 is 2.75 bits per heavy atom. The van der Waals surface area contributed by atoms with Crippen LogP contribution in [0.15, 0.2) is 12.1 Å². The van der Waals surface area contributed by atoms with Crippen LogP contribution < -0.4 is 0 Å². The normalized spacial score (nSPS) is 9.83. The Kier molecular flexibility index (Phi) is 2.71. The number of hydrogen-bond donors (Lipinski definition) is 1. The van der Waals surface area contributed by atoms with Gasteiger partial charge >= 0.3 is 0 Å². The highest BCUT2D eigenvalue weighted by Crippen LogP contribution is 2.28. The van der Waals surface area contributed by atoms with Gasteiger partial charge in [-0.15, -0.1) is 0 Å². The molecule has 0 aliphatic rings. The van der Waals surface area contributed by atoms with Crippen molar-refractivity contribution >= 4 is 17.9 Å². The number of aldehydes is 1. The van der Waals surface area contributed by atoms with E-state index >= 15 is 0 Å². The van der Waals surface area contributed by atoms with E-state index in [1.807, 2.05) is 6.92 Å². The second kappa shape index (κ2) is 3.59. The molecular weight excluding hydrogens is 176 g/mol. The maximum Gasteiger partial charge on any atom is 0.150 e. The van der Waals surface area contributed by atoms with Crippen molar-refractivity contribution in [1.82, 2.24) is 0 Å². The van der Waals surface area contributed by atoms with Crippen molar-refractivity contribution in [3.8, 4) is 5.75 Å². The molecule has 12 heavy (non-hydrogen) atoms. The lowest BCUT2D eigenvalue weighted by molar-refractivity contribution is 0.112. The van der Waals surface area contributed by atoms with Crippen LogP contribution >= 0.6 is 11.6 Å². The second-order valence-electron chi connectivity index (χ2n) is 2.48. The first-order valence-electron chi connectivity index (χ1n) is 3.65. The zero-order chi connectivity index (χ0) is 9.14. The summed E-state index contributed by atoms with van der Waals surface area (Å²) in [4.78, 5) is 10.4. The summed E-state index contributed by atoms with van der Waals surface area (Å²) >= 11 is 5.67. The summed E-state index contributed by atoms with van der Waals surface area (Å²) in [7, 11) is 0. The fourth-order valence-electron chi connectivity index (χ4n) is 1.02. The minimum Gasteiger partial charge on any atom is -0.506 e. The smallest absolute Gasteiger partial charge is 0.150 e.